The van der Waals surface area contributed by atoms with Crippen LogP contribution in [0.2, 0.25) is 0 Å². The number of carbonyl (C=O) groups is 1. The number of fused-ring (bicyclic) bond motifs is 1. The Balaban J connectivity index is 2.00. The van der Waals surface area contributed by atoms with Gasteiger partial charge in [-0.3, -0.25) is 18.8 Å². The van der Waals surface area contributed by atoms with Gasteiger partial charge in [-0.2, -0.15) is 5.10 Å². The van der Waals surface area contributed by atoms with E-state index in [1.165, 1.54) is 33.1 Å². The van der Waals surface area contributed by atoms with Crippen LogP contribution in [0, 0.1) is 0 Å². The molecule has 19 heavy (non-hydrogen) atoms. The van der Waals surface area contributed by atoms with Gasteiger partial charge in [-0.15, -0.1) is 11.3 Å². The number of Topliss-reactive ketones (excluding diaryl/α,β-unsaturated/α-hetero) is 1. The third-order valence-corrected chi connectivity index (χ3v) is 3.74. The number of rotatable bonds is 3. The van der Waals surface area contributed by atoms with E-state index < -0.39 is 0 Å². The van der Waals surface area contributed by atoms with E-state index in [2.05, 4.69) is 10.1 Å². The van der Waals surface area contributed by atoms with Gasteiger partial charge in [0.2, 0.25) is 0 Å². The normalized spacial score (nSPS) is 11.0. The van der Waals surface area contributed by atoms with Gasteiger partial charge in [-0.25, -0.2) is 4.98 Å². The molecule has 0 radical (unpaired) electrons. The summed E-state index contributed by atoms with van der Waals surface area (Å²) < 4.78 is 2.84. The zero-order valence-electron chi connectivity index (χ0n) is 10.1. The Morgan fingerprint density at radius 3 is 3.05 bits per heavy atom. The largest absolute Gasteiger partial charge is 0.291 e. The first-order valence-electron chi connectivity index (χ1n) is 5.60. The predicted molar refractivity (Wildman–Crippen MR) is 71.4 cm³/mol. The molecule has 0 aromatic carbocycles. The van der Waals surface area contributed by atoms with Crippen LogP contribution in [0.25, 0.3) is 11.0 Å². The third kappa shape index (κ3) is 1.97. The second-order valence-corrected chi connectivity index (χ2v) is 5.03. The zero-order chi connectivity index (χ0) is 13.4. The first kappa shape index (κ1) is 11.8. The summed E-state index contributed by atoms with van der Waals surface area (Å²) in [5.41, 5.74) is 0.271. The lowest BCUT2D eigenvalue weighted by atomic mass is 10.3. The molecule has 3 aromatic heterocycles. The molecule has 3 aromatic rings. The summed E-state index contributed by atoms with van der Waals surface area (Å²) in [7, 11) is 1.72. The molecule has 0 unspecified atom stereocenters. The minimum Gasteiger partial charge on any atom is -0.291 e. The molecular formula is C12H10N4O2S. The summed E-state index contributed by atoms with van der Waals surface area (Å²) >= 11 is 1.36. The lowest BCUT2D eigenvalue weighted by Gasteiger charge is -2.03. The fourth-order valence-corrected chi connectivity index (χ4v) is 2.51. The van der Waals surface area contributed by atoms with E-state index in [4.69, 9.17) is 0 Å². The summed E-state index contributed by atoms with van der Waals surface area (Å²) in [6, 6.07) is 3.55. The second-order valence-electron chi connectivity index (χ2n) is 4.08. The average molecular weight is 274 g/mol. The van der Waals surface area contributed by atoms with E-state index in [1.807, 2.05) is 11.4 Å². The molecule has 0 saturated carbocycles. The average Bonchev–Trinajstić information content (AvgIpc) is 3.03. The van der Waals surface area contributed by atoms with E-state index in [1.54, 1.807) is 13.1 Å². The van der Waals surface area contributed by atoms with Crippen molar-refractivity contribution in [2.45, 2.75) is 6.54 Å². The Morgan fingerprint density at radius 1 is 1.47 bits per heavy atom. The molecule has 3 heterocycles. The Bertz CT molecular complexity index is 801. The third-order valence-electron chi connectivity index (χ3n) is 2.83. The smallest absolute Gasteiger partial charge is 0.264 e. The van der Waals surface area contributed by atoms with Gasteiger partial charge in [0, 0.05) is 7.05 Å². The number of aryl methyl sites for hydroxylation is 1. The van der Waals surface area contributed by atoms with Gasteiger partial charge < -0.3 is 0 Å². The van der Waals surface area contributed by atoms with E-state index in [-0.39, 0.29) is 17.9 Å². The SMILES string of the molecule is Cn1ncc2c(=O)n(CC(=O)c3cccs3)cnc21. The van der Waals surface area contributed by atoms with Gasteiger partial charge in [0.05, 0.1) is 17.6 Å². The maximum Gasteiger partial charge on any atom is 0.264 e. The molecule has 0 aliphatic heterocycles. The number of ketones is 1. The maximum absolute atomic E-state index is 12.2. The van der Waals surface area contributed by atoms with Crippen LogP contribution in [0.1, 0.15) is 9.67 Å². The van der Waals surface area contributed by atoms with Crippen molar-refractivity contribution in [1.82, 2.24) is 19.3 Å². The minimum atomic E-state index is -0.247. The van der Waals surface area contributed by atoms with Crippen molar-refractivity contribution in [1.29, 1.82) is 0 Å². The maximum atomic E-state index is 12.2. The summed E-state index contributed by atoms with van der Waals surface area (Å²) in [6.45, 7) is -0.00280. The number of nitrogens with zero attached hydrogens (tertiary/aromatic N) is 4. The van der Waals surface area contributed by atoms with Crippen molar-refractivity contribution in [3.63, 3.8) is 0 Å². The van der Waals surface area contributed by atoms with Crippen LogP contribution in [0.5, 0.6) is 0 Å². The van der Waals surface area contributed by atoms with Crippen molar-refractivity contribution < 1.29 is 4.79 Å². The molecule has 96 valence electrons. The van der Waals surface area contributed by atoms with Crippen LogP contribution in [0.15, 0.2) is 34.8 Å². The van der Waals surface area contributed by atoms with Crippen LogP contribution in [-0.2, 0) is 13.6 Å². The van der Waals surface area contributed by atoms with Gasteiger partial charge in [-0.05, 0) is 11.4 Å². The molecule has 0 aliphatic carbocycles. The molecule has 0 saturated heterocycles. The van der Waals surface area contributed by atoms with Gasteiger partial charge in [0.1, 0.15) is 11.7 Å². The van der Waals surface area contributed by atoms with Crippen LogP contribution < -0.4 is 5.56 Å². The quantitative estimate of drug-likeness (QED) is 0.670. The van der Waals surface area contributed by atoms with E-state index in [0.29, 0.717) is 15.9 Å². The van der Waals surface area contributed by atoms with Crippen molar-refractivity contribution in [2.24, 2.45) is 7.05 Å². The van der Waals surface area contributed by atoms with Gasteiger partial charge in [0.15, 0.2) is 11.4 Å². The molecular weight excluding hydrogens is 264 g/mol. The summed E-state index contributed by atoms with van der Waals surface area (Å²) in [6.07, 6.45) is 2.86. The Kier molecular flexibility index (Phi) is 2.75. The number of hydrogen-bond donors (Lipinski definition) is 0. The first-order chi connectivity index (χ1) is 9.16. The van der Waals surface area contributed by atoms with Crippen molar-refractivity contribution in [3.8, 4) is 0 Å². The van der Waals surface area contributed by atoms with E-state index in [9.17, 15) is 9.59 Å². The Labute approximate surface area is 111 Å². The number of thiophene rings is 1. The number of hydrogen-bond acceptors (Lipinski definition) is 5. The topological polar surface area (TPSA) is 69.8 Å². The molecule has 7 heteroatoms. The highest BCUT2D eigenvalue weighted by atomic mass is 32.1. The first-order valence-corrected chi connectivity index (χ1v) is 6.48. The molecule has 0 N–H and O–H groups in total. The fraction of sp³-hybridized carbons (Fsp3) is 0.167. The summed E-state index contributed by atoms with van der Waals surface area (Å²) in [4.78, 5) is 28.9. The number of carbonyl (C=O) groups excluding carboxylic acids is 1. The highest BCUT2D eigenvalue weighted by Gasteiger charge is 2.12. The van der Waals surface area contributed by atoms with Crippen LogP contribution >= 0.6 is 11.3 Å². The van der Waals surface area contributed by atoms with E-state index >= 15 is 0 Å². The Morgan fingerprint density at radius 2 is 2.32 bits per heavy atom. The minimum absolute atomic E-state index is 0.00280. The predicted octanol–water partition coefficient (Wildman–Crippen LogP) is 1.07. The molecule has 0 bridgehead atoms. The molecule has 0 atom stereocenters. The van der Waals surface area contributed by atoms with Crippen LogP contribution in [0.3, 0.4) is 0 Å². The summed E-state index contributed by atoms with van der Waals surface area (Å²) in [5, 5.41) is 6.24. The highest BCUT2D eigenvalue weighted by molar-refractivity contribution is 7.12. The molecule has 0 aliphatic rings. The molecule has 0 fully saturated rings. The highest BCUT2D eigenvalue weighted by Crippen LogP contribution is 2.10. The lowest BCUT2D eigenvalue weighted by Crippen LogP contribution is -2.24. The Hall–Kier alpha value is -2.28. The zero-order valence-corrected chi connectivity index (χ0v) is 10.9. The van der Waals surface area contributed by atoms with Crippen molar-refractivity contribution >= 4 is 28.2 Å². The number of aromatic nitrogens is 4. The monoisotopic (exact) mass is 274 g/mol. The molecule has 0 spiro atoms. The van der Waals surface area contributed by atoms with Crippen molar-refractivity contribution in [3.05, 3.63) is 45.3 Å². The van der Waals surface area contributed by atoms with Gasteiger partial charge in [-0.1, -0.05) is 6.07 Å². The summed E-state index contributed by atoms with van der Waals surface area (Å²) in [5.74, 6) is -0.0952. The molecule has 3 rings (SSSR count). The van der Waals surface area contributed by atoms with Gasteiger partial charge >= 0.3 is 0 Å². The fourth-order valence-electron chi connectivity index (χ4n) is 1.85. The lowest BCUT2D eigenvalue weighted by molar-refractivity contribution is 0.0974. The standard InChI is InChI=1S/C12H10N4O2S/c1-15-11-8(5-14-15)12(18)16(7-13-11)6-9(17)10-3-2-4-19-10/h2-5,7H,6H2,1H3. The van der Waals surface area contributed by atoms with Crippen LogP contribution in [0.4, 0.5) is 0 Å². The van der Waals surface area contributed by atoms with Gasteiger partial charge in [0.25, 0.3) is 5.56 Å². The van der Waals surface area contributed by atoms with Crippen molar-refractivity contribution in [2.75, 3.05) is 0 Å². The molecule has 0 amide bonds. The van der Waals surface area contributed by atoms with E-state index in [0.717, 1.165) is 0 Å². The second kappa shape index (κ2) is 4.43. The van der Waals surface area contributed by atoms with Crippen LogP contribution in [-0.4, -0.2) is 25.1 Å². The molecule has 6 nitrogen and oxygen atoms in total.